The highest BCUT2D eigenvalue weighted by atomic mass is 127. The monoisotopic (exact) mass is 479 g/mol. The molecule has 25 heavy (non-hydrogen) atoms. The van der Waals surface area contributed by atoms with E-state index in [1.165, 1.54) is 4.90 Å². The normalized spacial score (nSPS) is 23.4. The predicted octanol–water partition coefficient (Wildman–Crippen LogP) is 0.986. The van der Waals surface area contributed by atoms with Gasteiger partial charge in [-0.05, 0) is 18.9 Å². The van der Waals surface area contributed by atoms with Crippen molar-refractivity contribution in [2.75, 3.05) is 72.6 Å². The first-order valence-corrected chi connectivity index (χ1v) is 8.50. The molecule has 0 spiro atoms. The molecule has 148 valence electrons. The van der Waals surface area contributed by atoms with Gasteiger partial charge in [0.05, 0.1) is 19.8 Å². The van der Waals surface area contributed by atoms with Gasteiger partial charge in [0, 0.05) is 46.3 Å². The molecule has 0 radical (unpaired) electrons. The third kappa shape index (κ3) is 9.25. The van der Waals surface area contributed by atoms with Crippen molar-refractivity contribution in [3.8, 4) is 0 Å². The Balaban J connectivity index is 0.00000312. The Labute approximate surface area is 164 Å². The zero-order chi connectivity index (χ0) is 17.4. The molecule has 6 nitrogen and oxygen atoms in total. The summed E-state index contributed by atoms with van der Waals surface area (Å²) >= 11 is 0. The molecule has 2 fully saturated rings. The summed E-state index contributed by atoms with van der Waals surface area (Å²) < 4.78 is 42.5. The van der Waals surface area contributed by atoms with Crippen molar-refractivity contribution >= 4 is 29.9 Å². The van der Waals surface area contributed by atoms with Crippen LogP contribution >= 0.6 is 24.0 Å². The summed E-state index contributed by atoms with van der Waals surface area (Å²) in [4.78, 5) is 7.97. The summed E-state index contributed by atoms with van der Waals surface area (Å²) in [6.07, 6.45) is -3.33. The number of aliphatic imine (C=N–C) groups is 1. The fourth-order valence-corrected chi connectivity index (χ4v) is 3.10. The second-order valence-electron chi connectivity index (χ2n) is 6.34. The molecule has 2 saturated heterocycles. The zero-order valence-corrected chi connectivity index (χ0v) is 17.0. The molecule has 1 unspecified atom stereocenters. The number of alkyl halides is 3. The molecule has 0 bridgehead atoms. The molecule has 10 heteroatoms. The number of rotatable bonds is 6. The average molecular weight is 479 g/mol. The van der Waals surface area contributed by atoms with Crippen LogP contribution in [-0.4, -0.2) is 94.6 Å². The molecular formula is C15H29F3IN5O. The second-order valence-corrected chi connectivity index (χ2v) is 6.34. The summed E-state index contributed by atoms with van der Waals surface area (Å²) in [5, 5.41) is 6.47. The highest BCUT2D eigenvalue weighted by Crippen LogP contribution is 2.22. The Morgan fingerprint density at radius 1 is 1.16 bits per heavy atom. The number of nitrogens with one attached hydrogen (secondary N) is 2. The minimum absolute atomic E-state index is 0. The van der Waals surface area contributed by atoms with Gasteiger partial charge in [-0.25, -0.2) is 0 Å². The number of halogens is 4. The standard InChI is InChI=1S/C15H28F3N5O.HI/c1-19-14(20-3-5-22-6-8-24-9-7-22)21-10-13-2-4-23(11-13)12-15(16,17)18;/h13H,2-12H2,1H3,(H2,19,20,21);1H. The third-order valence-corrected chi connectivity index (χ3v) is 4.38. The van der Waals surface area contributed by atoms with E-state index in [1.807, 2.05) is 0 Å². The van der Waals surface area contributed by atoms with Crippen molar-refractivity contribution in [3.05, 3.63) is 0 Å². The lowest BCUT2D eigenvalue weighted by atomic mass is 10.1. The summed E-state index contributed by atoms with van der Waals surface area (Å²) in [7, 11) is 1.70. The van der Waals surface area contributed by atoms with E-state index in [4.69, 9.17) is 4.74 Å². The fourth-order valence-electron chi connectivity index (χ4n) is 3.10. The van der Waals surface area contributed by atoms with E-state index in [-0.39, 0.29) is 29.9 Å². The third-order valence-electron chi connectivity index (χ3n) is 4.38. The number of guanidine groups is 1. The van der Waals surface area contributed by atoms with Gasteiger partial charge in [0.1, 0.15) is 0 Å². The van der Waals surface area contributed by atoms with Crippen LogP contribution in [0.1, 0.15) is 6.42 Å². The minimum atomic E-state index is -4.11. The second kappa shape index (κ2) is 11.4. The lowest BCUT2D eigenvalue weighted by molar-refractivity contribution is -0.143. The van der Waals surface area contributed by atoms with Gasteiger partial charge in [-0.15, -0.1) is 24.0 Å². The van der Waals surface area contributed by atoms with E-state index < -0.39 is 12.7 Å². The van der Waals surface area contributed by atoms with Gasteiger partial charge in [0.15, 0.2) is 5.96 Å². The van der Waals surface area contributed by atoms with Gasteiger partial charge in [-0.3, -0.25) is 14.8 Å². The van der Waals surface area contributed by atoms with Crippen molar-refractivity contribution in [3.63, 3.8) is 0 Å². The van der Waals surface area contributed by atoms with Gasteiger partial charge in [-0.2, -0.15) is 13.2 Å². The Hall–Kier alpha value is -0.330. The van der Waals surface area contributed by atoms with Gasteiger partial charge in [0.2, 0.25) is 0 Å². The molecule has 0 aromatic rings. The van der Waals surface area contributed by atoms with Gasteiger partial charge in [0.25, 0.3) is 0 Å². The number of likely N-dealkylation sites (tertiary alicyclic amines) is 1. The first kappa shape index (κ1) is 22.7. The molecule has 0 saturated carbocycles. The zero-order valence-electron chi connectivity index (χ0n) is 14.6. The Morgan fingerprint density at radius 3 is 2.52 bits per heavy atom. The number of hydrogen-bond acceptors (Lipinski definition) is 4. The lowest BCUT2D eigenvalue weighted by Crippen LogP contribution is -2.45. The number of morpholine rings is 1. The van der Waals surface area contributed by atoms with Crippen molar-refractivity contribution in [1.82, 2.24) is 20.4 Å². The molecular weight excluding hydrogens is 450 g/mol. The van der Waals surface area contributed by atoms with E-state index in [2.05, 4.69) is 20.5 Å². The topological polar surface area (TPSA) is 52.1 Å². The molecule has 0 aromatic heterocycles. The predicted molar refractivity (Wildman–Crippen MR) is 103 cm³/mol. The van der Waals surface area contributed by atoms with Crippen LogP contribution in [0.2, 0.25) is 0 Å². The molecule has 2 heterocycles. The molecule has 2 aliphatic heterocycles. The van der Waals surface area contributed by atoms with Crippen molar-refractivity contribution in [2.24, 2.45) is 10.9 Å². The quantitative estimate of drug-likeness (QED) is 0.338. The molecule has 1 atom stereocenters. The van der Waals surface area contributed by atoms with Crippen LogP contribution in [0.5, 0.6) is 0 Å². The maximum Gasteiger partial charge on any atom is 0.401 e. The summed E-state index contributed by atoms with van der Waals surface area (Å²) in [5.74, 6) is 0.933. The number of nitrogens with zero attached hydrogens (tertiary/aromatic N) is 3. The van der Waals surface area contributed by atoms with Crippen molar-refractivity contribution in [2.45, 2.75) is 12.6 Å². The van der Waals surface area contributed by atoms with Crippen LogP contribution in [0.25, 0.3) is 0 Å². The smallest absolute Gasteiger partial charge is 0.379 e. The SMILES string of the molecule is CN=C(NCCN1CCOCC1)NCC1CCN(CC(F)(F)F)C1.I. The van der Waals surface area contributed by atoms with Crippen LogP contribution in [-0.2, 0) is 4.74 Å². The maximum atomic E-state index is 12.4. The molecule has 2 rings (SSSR count). The highest BCUT2D eigenvalue weighted by molar-refractivity contribution is 14.0. The van der Waals surface area contributed by atoms with Crippen molar-refractivity contribution < 1.29 is 17.9 Å². The number of hydrogen-bond donors (Lipinski definition) is 2. The van der Waals surface area contributed by atoms with E-state index in [0.717, 1.165) is 45.8 Å². The molecule has 0 amide bonds. The van der Waals surface area contributed by atoms with Gasteiger partial charge in [-0.1, -0.05) is 0 Å². The van der Waals surface area contributed by atoms with E-state index in [9.17, 15) is 13.2 Å². The Kier molecular flexibility index (Phi) is 10.4. The average Bonchev–Trinajstić information content (AvgIpc) is 2.97. The molecule has 2 aliphatic rings. The summed E-state index contributed by atoms with van der Waals surface area (Å²) in [5.41, 5.74) is 0. The van der Waals surface area contributed by atoms with E-state index in [0.29, 0.717) is 25.6 Å². The summed E-state index contributed by atoms with van der Waals surface area (Å²) in [6.45, 7) is 5.99. The van der Waals surface area contributed by atoms with Crippen LogP contribution in [0, 0.1) is 5.92 Å². The summed E-state index contributed by atoms with van der Waals surface area (Å²) in [6, 6.07) is 0. The molecule has 2 N–H and O–H groups in total. The largest absolute Gasteiger partial charge is 0.401 e. The first-order valence-electron chi connectivity index (χ1n) is 8.50. The minimum Gasteiger partial charge on any atom is -0.379 e. The lowest BCUT2D eigenvalue weighted by Gasteiger charge is -2.26. The fraction of sp³-hybridized carbons (Fsp3) is 0.933. The first-order chi connectivity index (χ1) is 11.5. The molecule has 0 aliphatic carbocycles. The van der Waals surface area contributed by atoms with Crippen LogP contribution in [0.4, 0.5) is 13.2 Å². The Morgan fingerprint density at radius 2 is 1.88 bits per heavy atom. The van der Waals surface area contributed by atoms with E-state index >= 15 is 0 Å². The maximum absolute atomic E-state index is 12.4. The van der Waals surface area contributed by atoms with Crippen molar-refractivity contribution in [1.29, 1.82) is 0 Å². The van der Waals surface area contributed by atoms with E-state index in [1.54, 1.807) is 7.05 Å². The van der Waals surface area contributed by atoms with Crippen LogP contribution < -0.4 is 10.6 Å². The van der Waals surface area contributed by atoms with Crippen LogP contribution in [0.15, 0.2) is 4.99 Å². The van der Waals surface area contributed by atoms with Gasteiger partial charge >= 0.3 is 6.18 Å². The van der Waals surface area contributed by atoms with Crippen LogP contribution in [0.3, 0.4) is 0 Å². The molecule has 0 aromatic carbocycles. The number of ether oxygens (including phenoxy) is 1. The Bertz CT molecular complexity index is 405. The van der Waals surface area contributed by atoms with Gasteiger partial charge < -0.3 is 15.4 Å². The highest BCUT2D eigenvalue weighted by Gasteiger charge is 2.34.